The van der Waals surface area contributed by atoms with Gasteiger partial charge in [0.2, 0.25) is 0 Å². The van der Waals surface area contributed by atoms with E-state index in [9.17, 15) is 9.59 Å². The Labute approximate surface area is 161 Å². The Morgan fingerprint density at radius 1 is 1.29 bits per heavy atom. The summed E-state index contributed by atoms with van der Waals surface area (Å²) in [4.78, 5) is 30.0. The molecule has 2 aliphatic heterocycles. The molecule has 0 unspecified atom stereocenters. The number of nitrogens with zero attached hydrogens (tertiary/aromatic N) is 4. The number of benzene rings is 1. The number of aromatic nitrogens is 4. The van der Waals surface area contributed by atoms with Gasteiger partial charge >= 0.3 is 0 Å². The number of rotatable bonds is 4. The number of carbonyl (C=O) groups is 1. The van der Waals surface area contributed by atoms with Crippen LogP contribution in [0.1, 0.15) is 34.8 Å². The quantitative estimate of drug-likeness (QED) is 0.688. The molecular formula is C20H21N5O3. The van der Waals surface area contributed by atoms with Crippen molar-refractivity contribution in [2.45, 2.75) is 31.8 Å². The molecule has 0 atom stereocenters. The van der Waals surface area contributed by atoms with Crippen LogP contribution in [0.15, 0.2) is 35.5 Å². The Bertz CT molecular complexity index is 1110. The van der Waals surface area contributed by atoms with Gasteiger partial charge in [-0.3, -0.25) is 14.2 Å². The van der Waals surface area contributed by atoms with Crippen molar-refractivity contribution in [2.24, 2.45) is 0 Å². The molecule has 0 bridgehead atoms. The lowest BCUT2D eigenvalue weighted by Gasteiger charge is -2.23. The lowest BCUT2D eigenvalue weighted by molar-refractivity contribution is 0.0970. The SMILES string of the molecule is O=C(Cn1cnc2c(cnn2C2CCNCC2)c1=O)c1ccc2c(c1)CCO2. The third-order valence-electron chi connectivity index (χ3n) is 5.56. The highest BCUT2D eigenvalue weighted by Crippen LogP contribution is 2.26. The van der Waals surface area contributed by atoms with E-state index in [0.717, 1.165) is 43.7 Å². The van der Waals surface area contributed by atoms with Crippen LogP contribution in [0.4, 0.5) is 0 Å². The van der Waals surface area contributed by atoms with E-state index in [1.165, 1.54) is 10.9 Å². The number of ketones is 1. The number of hydrogen-bond acceptors (Lipinski definition) is 6. The first-order chi connectivity index (χ1) is 13.7. The van der Waals surface area contributed by atoms with Crippen LogP contribution in [0.25, 0.3) is 11.0 Å². The Balaban J connectivity index is 1.42. The summed E-state index contributed by atoms with van der Waals surface area (Å²) in [6.07, 6.45) is 5.75. The van der Waals surface area contributed by atoms with Crippen molar-refractivity contribution in [1.82, 2.24) is 24.6 Å². The summed E-state index contributed by atoms with van der Waals surface area (Å²) in [5, 5.41) is 8.19. The maximum atomic E-state index is 12.9. The Hall–Kier alpha value is -3.00. The normalized spacial score (nSPS) is 16.9. The number of carbonyl (C=O) groups excluding carboxylic acids is 1. The van der Waals surface area contributed by atoms with E-state index in [4.69, 9.17) is 4.74 Å². The van der Waals surface area contributed by atoms with Gasteiger partial charge in [0.05, 0.1) is 25.4 Å². The fourth-order valence-corrected chi connectivity index (χ4v) is 4.00. The maximum Gasteiger partial charge on any atom is 0.264 e. The van der Waals surface area contributed by atoms with Crippen LogP contribution in [0, 0.1) is 0 Å². The van der Waals surface area contributed by atoms with Crippen molar-refractivity contribution in [3.63, 3.8) is 0 Å². The van der Waals surface area contributed by atoms with Gasteiger partial charge in [-0.2, -0.15) is 5.10 Å². The summed E-state index contributed by atoms with van der Waals surface area (Å²) in [6, 6.07) is 5.68. The van der Waals surface area contributed by atoms with Crippen molar-refractivity contribution >= 4 is 16.8 Å². The largest absolute Gasteiger partial charge is 0.493 e. The summed E-state index contributed by atoms with van der Waals surface area (Å²) in [7, 11) is 0. The molecule has 8 heteroatoms. The monoisotopic (exact) mass is 379 g/mol. The highest BCUT2D eigenvalue weighted by Gasteiger charge is 2.21. The topological polar surface area (TPSA) is 91.0 Å². The second kappa shape index (κ2) is 6.87. The van der Waals surface area contributed by atoms with Gasteiger partial charge < -0.3 is 10.1 Å². The van der Waals surface area contributed by atoms with Crippen LogP contribution < -0.4 is 15.6 Å². The molecule has 0 radical (unpaired) electrons. The molecule has 5 rings (SSSR count). The van der Waals surface area contributed by atoms with Crippen LogP contribution in [-0.2, 0) is 13.0 Å². The van der Waals surface area contributed by atoms with Crippen molar-refractivity contribution in [1.29, 1.82) is 0 Å². The summed E-state index contributed by atoms with van der Waals surface area (Å²) in [5.74, 6) is 0.714. The van der Waals surface area contributed by atoms with Crippen LogP contribution in [0.5, 0.6) is 5.75 Å². The molecule has 1 N–H and O–H groups in total. The molecule has 0 aliphatic carbocycles. The predicted octanol–water partition coefficient (Wildman–Crippen LogP) is 1.34. The Kier molecular flexibility index (Phi) is 4.20. The van der Waals surface area contributed by atoms with Gasteiger partial charge in [0.25, 0.3) is 5.56 Å². The standard InChI is InChI=1S/C20H21N5O3/c26-17(13-1-2-18-14(9-13)5-8-28-18)11-24-12-22-19-16(20(24)27)10-23-25(19)15-3-6-21-7-4-15/h1-2,9-10,12,15,21H,3-8,11H2. The van der Waals surface area contributed by atoms with E-state index < -0.39 is 0 Å². The molecule has 4 heterocycles. The van der Waals surface area contributed by atoms with Gasteiger partial charge in [0.15, 0.2) is 11.4 Å². The highest BCUT2D eigenvalue weighted by molar-refractivity contribution is 5.96. The van der Waals surface area contributed by atoms with Crippen LogP contribution in [0.2, 0.25) is 0 Å². The summed E-state index contributed by atoms with van der Waals surface area (Å²) in [5.41, 5.74) is 1.98. The van der Waals surface area contributed by atoms with Gasteiger partial charge in [0.1, 0.15) is 17.5 Å². The molecule has 8 nitrogen and oxygen atoms in total. The minimum absolute atomic E-state index is 0.0417. The Morgan fingerprint density at radius 2 is 2.14 bits per heavy atom. The molecule has 144 valence electrons. The second-order valence-corrected chi connectivity index (χ2v) is 7.33. The van der Waals surface area contributed by atoms with E-state index in [1.54, 1.807) is 12.3 Å². The smallest absolute Gasteiger partial charge is 0.264 e. The van der Waals surface area contributed by atoms with Gasteiger partial charge in [-0.05, 0) is 49.7 Å². The maximum absolute atomic E-state index is 12.9. The van der Waals surface area contributed by atoms with Gasteiger partial charge in [0, 0.05) is 12.0 Å². The van der Waals surface area contributed by atoms with Gasteiger partial charge in [-0.1, -0.05) is 0 Å². The minimum Gasteiger partial charge on any atom is -0.493 e. The van der Waals surface area contributed by atoms with E-state index >= 15 is 0 Å². The molecule has 1 aromatic carbocycles. The van der Waals surface area contributed by atoms with Crippen molar-refractivity contribution < 1.29 is 9.53 Å². The Morgan fingerprint density at radius 3 is 3.00 bits per heavy atom. The fraction of sp³-hybridized carbons (Fsp3) is 0.400. The summed E-state index contributed by atoms with van der Waals surface area (Å²) >= 11 is 0. The molecule has 2 aliphatic rings. The zero-order chi connectivity index (χ0) is 19.1. The molecule has 0 saturated carbocycles. The molecule has 1 saturated heterocycles. The fourth-order valence-electron chi connectivity index (χ4n) is 4.00. The molecule has 3 aromatic rings. The first-order valence-corrected chi connectivity index (χ1v) is 9.63. The number of ether oxygens (including phenoxy) is 1. The first-order valence-electron chi connectivity index (χ1n) is 9.63. The summed E-state index contributed by atoms with van der Waals surface area (Å²) in [6.45, 7) is 2.47. The third kappa shape index (κ3) is 2.90. The van der Waals surface area contributed by atoms with Crippen LogP contribution in [0.3, 0.4) is 0 Å². The zero-order valence-electron chi connectivity index (χ0n) is 15.4. The predicted molar refractivity (Wildman–Crippen MR) is 103 cm³/mol. The van der Waals surface area contributed by atoms with Crippen molar-refractivity contribution in [3.8, 4) is 5.75 Å². The molecule has 0 spiro atoms. The van der Waals surface area contributed by atoms with Crippen LogP contribution in [-0.4, -0.2) is 44.8 Å². The number of piperidine rings is 1. The van der Waals surface area contributed by atoms with Crippen molar-refractivity contribution in [2.75, 3.05) is 19.7 Å². The third-order valence-corrected chi connectivity index (χ3v) is 5.56. The molecule has 1 fully saturated rings. The molecule has 0 amide bonds. The molecule has 28 heavy (non-hydrogen) atoms. The van der Waals surface area contributed by atoms with Gasteiger partial charge in [-0.15, -0.1) is 0 Å². The lowest BCUT2D eigenvalue weighted by Crippen LogP contribution is -2.30. The van der Waals surface area contributed by atoms with Crippen molar-refractivity contribution in [3.05, 3.63) is 52.2 Å². The summed E-state index contributed by atoms with van der Waals surface area (Å²) < 4.78 is 8.70. The number of nitrogens with one attached hydrogen (secondary N) is 1. The van der Waals surface area contributed by atoms with E-state index in [0.29, 0.717) is 23.2 Å². The van der Waals surface area contributed by atoms with E-state index in [-0.39, 0.29) is 23.9 Å². The molecule has 2 aromatic heterocycles. The average molecular weight is 379 g/mol. The van der Waals surface area contributed by atoms with E-state index in [1.807, 2.05) is 16.8 Å². The van der Waals surface area contributed by atoms with E-state index in [2.05, 4.69) is 15.4 Å². The average Bonchev–Trinajstić information content (AvgIpc) is 3.37. The first kappa shape index (κ1) is 17.1. The highest BCUT2D eigenvalue weighted by atomic mass is 16.5. The minimum atomic E-state index is -0.233. The number of fused-ring (bicyclic) bond motifs is 2. The number of hydrogen-bond donors (Lipinski definition) is 1. The van der Waals surface area contributed by atoms with Gasteiger partial charge in [-0.25, -0.2) is 9.67 Å². The number of Topliss-reactive ketones (excluding diaryl/α,β-unsaturated/α-hetero) is 1. The van der Waals surface area contributed by atoms with Crippen LogP contribution >= 0.6 is 0 Å². The second-order valence-electron chi connectivity index (χ2n) is 7.33. The molecular weight excluding hydrogens is 358 g/mol. The zero-order valence-corrected chi connectivity index (χ0v) is 15.4. The lowest BCUT2D eigenvalue weighted by atomic mass is 10.1.